The zero-order valence-electron chi connectivity index (χ0n) is 14.7. The van der Waals surface area contributed by atoms with Gasteiger partial charge < -0.3 is 10.2 Å². The summed E-state index contributed by atoms with van der Waals surface area (Å²) in [6.45, 7) is 3.82. The van der Waals surface area contributed by atoms with Crippen LogP contribution in [-0.2, 0) is 13.1 Å². The highest BCUT2D eigenvalue weighted by molar-refractivity contribution is 5.98. The topological polar surface area (TPSA) is 35.6 Å². The lowest BCUT2D eigenvalue weighted by Crippen LogP contribution is -2.43. The van der Waals surface area contributed by atoms with E-state index < -0.39 is 0 Å². The third-order valence-corrected chi connectivity index (χ3v) is 5.50. The van der Waals surface area contributed by atoms with E-state index in [-0.39, 0.29) is 5.91 Å². The van der Waals surface area contributed by atoms with E-state index in [0.717, 1.165) is 30.8 Å². The summed E-state index contributed by atoms with van der Waals surface area (Å²) in [5.74, 6) is 0.0581. The van der Waals surface area contributed by atoms with Crippen molar-refractivity contribution in [2.45, 2.75) is 32.0 Å². The average molecular weight is 335 g/mol. The molecule has 0 aliphatic carbocycles. The van der Waals surface area contributed by atoms with Crippen LogP contribution in [0.2, 0.25) is 0 Å². The number of carbonyl (C=O) groups excluding carboxylic acids is 1. The van der Waals surface area contributed by atoms with Crippen molar-refractivity contribution < 1.29 is 4.79 Å². The Morgan fingerprint density at radius 1 is 1.12 bits per heavy atom. The van der Waals surface area contributed by atoms with Crippen LogP contribution in [0.5, 0.6) is 0 Å². The number of piperidine rings is 1. The third-order valence-electron chi connectivity index (χ3n) is 5.50. The van der Waals surface area contributed by atoms with Gasteiger partial charge in [-0.05, 0) is 49.2 Å². The minimum absolute atomic E-state index is 0.0581. The molecule has 4 heteroatoms. The normalized spacial score (nSPS) is 17.7. The van der Waals surface area contributed by atoms with Gasteiger partial charge in [0.25, 0.3) is 5.91 Å². The molecular formula is C21H25N3O. The summed E-state index contributed by atoms with van der Waals surface area (Å²) >= 11 is 0. The van der Waals surface area contributed by atoms with Crippen LogP contribution in [0.1, 0.15) is 34.3 Å². The van der Waals surface area contributed by atoms with Gasteiger partial charge in [0.05, 0.1) is 0 Å². The maximum absolute atomic E-state index is 11.7. The molecule has 2 heterocycles. The Balaban J connectivity index is 1.36. The van der Waals surface area contributed by atoms with Crippen LogP contribution in [0.4, 0.5) is 5.69 Å². The van der Waals surface area contributed by atoms with Crippen molar-refractivity contribution in [3.8, 4) is 0 Å². The highest BCUT2D eigenvalue weighted by Crippen LogP contribution is 2.26. The molecule has 1 fully saturated rings. The number of fused-ring (bicyclic) bond motifs is 1. The molecule has 25 heavy (non-hydrogen) atoms. The van der Waals surface area contributed by atoms with Crippen LogP contribution in [0.3, 0.4) is 0 Å². The summed E-state index contributed by atoms with van der Waals surface area (Å²) in [5, 5.41) is 2.90. The fourth-order valence-electron chi connectivity index (χ4n) is 3.98. The zero-order valence-corrected chi connectivity index (χ0v) is 14.7. The first-order valence-corrected chi connectivity index (χ1v) is 9.11. The molecule has 0 spiro atoms. The van der Waals surface area contributed by atoms with Crippen LogP contribution in [0.25, 0.3) is 0 Å². The van der Waals surface area contributed by atoms with Gasteiger partial charge in [-0.25, -0.2) is 0 Å². The SMILES string of the molecule is CN(Cc1ccccc1)C1CCN(c2ccc3c(c2)CNC3=O)CC1. The van der Waals surface area contributed by atoms with Crippen LogP contribution in [0.15, 0.2) is 48.5 Å². The Labute approximate surface area is 149 Å². The zero-order chi connectivity index (χ0) is 17.2. The second-order valence-corrected chi connectivity index (χ2v) is 7.14. The maximum Gasteiger partial charge on any atom is 0.251 e. The number of carbonyl (C=O) groups is 1. The summed E-state index contributed by atoms with van der Waals surface area (Å²) < 4.78 is 0. The Hall–Kier alpha value is -2.33. The Kier molecular flexibility index (Phi) is 4.45. The lowest BCUT2D eigenvalue weighted by Gasteiger charge is -2.38. The molecule has 4 rings (SSSR count). The van der Waals surface area contributed by atoms with E-state index in [1.165, 1.54) is 24.1 Å². The summed E-state index contributed by atoms with van der Waals surface area (Å²) in [4.78, 5) is 16.6. The second-order valence-electron chi connectivity index (χ2n) is 7.14. The maximum atomic E-state index is 11.7. The van der Waals surface area contributed by atoms with Crippen LogP contribution in [0, 0.1) is 0 Å². The molecule has 1 N–H and O–H groups in total. The van der Waals surface area contributed by atoms with Crippen molar-refractivity contribution in [1.29, 1.82) is 0 Å². The molecule has 2 aliphatic heterocycles. The quantitative estimate of drug-likeness (QED) is 0.933. The second kappa shape index (κ2) is 6.89. The first-order valence-electron chi connectivity index (χ1n) is 9.11. The molecule has 1 saturated heterocycles. The number of amides is 1. The molecule has 0 saturated carbocycles. The number of benzene rings is 2. The molecule has 0 aromatic heterocycles. The van der Waals surface area contributed by atoms with E-state index in [1.54, 1.807) is 0 Å². The van der Waals surface area contributed by atoms with Gasteiger partial charge in [0.1, 0.15) is 0 Å². The Morgan fingerprint density at radius 3 is 2.64 bits per heavy atom. The number of hydrogen-bond acceptors (Lipinski definition) is 3. The third kappa shape index (κ3) is 3.40. The van der Waals surface area contributed by atoms with Crippen molar-refractivity contribution in [3.63, 3.8) is 0 Å². The number of hydrogen-bond donors (Lipinski definition) is 1. The van der Waals surface area contributed by atoms with Gasteiger partial charge in [0.15, 0.2) is 0 Å². The number of rotatable bonds is 4. The summed E-state index contributed by atoms with van der Waals surface area (Å²) in [7, 11) is 2.24. The van der Waals surface area contributed by atoms with Crippen molar-refractivity contribution in [3.05, 3.63) is 65.2 Å². The van der Waals surface area contributed by atoms with E-state index in [0.29, 0.717) is 12.6 Å². The first kappa shape index (κ1) is 16.2. The summed E-state index contributed by atoms with van der Waals surface area (Å²) in [6, 6.07) is 17.6. The molecule has 1 amide bonds. The largest absolute Gasteiger partial charge is 0.371 e. The van der Waals surface area contributed by atoms with Crippen LogP contribution < -0.4 is 10.2 Å². The lowest BCUT2D eigenvalue weighted by atomic mass is 10.0. The summed E-state index contributed by atoms with van der Waals surface area (Å²) in [6.07, 6.45) is 2.36. The fraction of sp³-hybridized carbons (Fsp3) is 0.381. The Morgan fingerprint density at radius 2 is 1.88 bits per heavy atom. The number of nitrogens with zero attached hydrogens (tertiary/aromatic N) is 2. The van der Waals surface area contributed by atoms with Gasteiger partial charge in [0.2, 0.25) is 0 Å². The van der Waals surface area contributed by atoms with E-state index in [9.17, 15) is 4.79 Å². The number of nitrogens with one attached hydrogen (secondary N) is 1. The molecule has 0 atom stereocenters. The van der Waals surface area contributed by atoms with Crippen LogP contribution in [-0.4, -0.2) is 37.0 Å². The Bertz CT molecular complexity index is 751. The van der Waals surface area contributed by atoms with E-state index >= 15 is 0 Å². The smallest absolute Gasteiger partial charge is 0.251 e. The van der Waals surface area contributed by atoms with Crippen molar-refractivity contribution >= 4 is 11.6 Å². The lowest BCUT2D eigenvalue weighted by molar-refractivity contribution is 0.0966. The van der Waals surface area contributed by atoms with E-state index in [1.807, 2.05) is 6.07 Å². The molecule has 0 radical (unpaired) electrons. The molecule has 2 aromatic rings. The van der Waals surface area contributed by atoms with Crippen molar-refractivity contribution in [1.82, 2.24) is 10.2 Å². The summed E-state index contributed by atoms with van der Waals surface area (Å²) in [5.41, 5.74) is 4.59. The molecule has 2 aromatic carbocycles. The molecule has 4 nitrogen and oxygen atoms in total. The van der Waals surface area contributed by atoms with Gasteiger partial charge in [-0.1, -0.05) is 30.3 Å². The predicted molar refractivity (Wildman–Crippen MR) is 101 cm³/mol. The van der Waals surface area contributed by atoms with Gasteiger partial charge in [-0.2, -0.15) is 0 Å². The van der Waals surface area contributed by atoms with Gasteiger partial charge >= 0.3 is 0 Å². The molecule has 130 valence electrons. The van der Waals surface area contributed by atoms with Gasteiger partial charge in [0, 0.05) is 43.5 Å². The molecule has 0 unspecified atom stereocenters. The van der Waals surface area contributed by atoms with Crippen molar-refractivity contribution in [2.75, 3.05) is 25.0 Å². The van der Waals surface area contributed by atoms with E-state index in [4.69, 9.17) is 0 Å². The van der Waals surface area contributed by atoms with E-state index in [2.05, 4.69) is 64.6 Å². The minimum Gasteiger partial charge on any atom is -0.371 e. The molecule has 0 bridgehead atoms. The predicted octanol–water partition coefficient (Wildman–Crippen LogP) is 3.03. The van der Waals surface area contributed by atoms with Gasteiger partial charge in [-0.15, -0.1) is 0 Å². The molecule has 2 aliphatic rings. The van der Waals surface area contributed by atoms with Gasteiger partial charge in [-0.3, -0.25) is 9.69 Å². The number of anilines is 1. The standard InChI is InChI=1S/C21H25N3O/c1-23(15-16-5-3-2-4-6-16)18-9-11-24(12-10-18)19-7-8-20-17(13-19)14-22-21(20)25/h2-8,13,18H,9-12,14-15H2,1H3,(H,22,25). The average Bonchev–Trinajstić information content (AvgIpc) is 3.03. The monoisotopic (exact) mass is 335 g/mol. The van der Waals surface area contributed by atoms with Crippen molar-refractivity contribution in [2.24, 2.45) is 0 Å². The van der Waals surface area contributed by atoms with Crippen LogP contribution >= 0.6 is 0 Å². The fourth-order valence-corrected chi connectivity index (χ4v) is 3.98. The minimum atomic E-state index is 0.0581. The highest BCUT2D eigenvalue weighted by atomic mass is 16.1. The first-order chi connectivity index (χ1) is 12.2. The molecular weight excluding hydrogens is 310 g/mol. The highest BCUT2D eigenvalue weighted by Gasteiger charge is 2.24.